The Bertz CT molecular complexity index is 1300. The number of nitrogens with zero attached hydrogens (tertiary/aromatic N) is 3. The third kappa shape index (κ3) is 5.38. The number of Topliss-reactive ketones (excluding diaryl/α,β-unsaturated/α-hetero) is 2. The van der Waals surface area contributed by atoms with Crippen molar-refractivity contribution < 1.29 is 19.2 Å². The van der Waals surface area contributed by atoms with Crippen molar-refractivity contribution in [2.24, 2.45) is 10.8 Å². The van der Waals surface area contributed by atoms with Gasteiger partial charge in [0.25, 0.3) is 0 Å². The van der Waals surface area contributed by atoms with Gasteiger partial charge in [-0.15, -0.1) is 0 Å². The summed E-state index contributed by atoms with van der Waals surface area (Å²) in [6, 6.07) is 9.03. The van der Waals surface area contributed by atoms with E-state index < -0.39 is 22.8 Å². The van der Waals surface area contributed by atoms with E-state index in [4.69, 9.17) is 5.26 Å². The third-order valence-electron chi connectivity index (χ3n) is 7.83. The van der Waals surface area contributed by atoms with Gasteiger partial charge < -0.3 is 4.90 Å². The minimum Gasteiger partial charge on any atom is -0.324 e. The molecule has 0 radical (unpaired) electrons. The van der Waals surface area contributed by atoms with E-state index in [1.165, 1.54) is 6.20 Å². The van der Waals surface area contributed by atoms with Gasteiger partial charge in [0.1, 0.15) is 23.6 Å². The summed E-state index contributed by atoms with van der Waals surface area (Å²) in [7, 11) is 0. The molecule has 1 aromatic carbocycles. The Hall–Kier alpha value is -3.86. The molecule has 2 aromatic rings. The Labute approximate surface area is 223 Å². The average molecular weight is 515 g/mol. The minimum absolute atomic E-state index is 0.0718. The van der Waals surface area contributed by atoms with Gasteiger partial charge >= 0.3 is 6.03 Å². The fourth-order valence-electron chi connectivity index (χ4n) is 5.62. The number of nitrogens with one attached hydrogen (secondary N) is 1. The molecule has 3 amide bonds. The lowest BCUT2D eigenvalue weighted by molar-refractivity contribution is -0.138. The van der Waals surface area contributed by atoms with Crippen molar-refractivity contribution in [2.75, 3.05) is 13.1 Å². The number of benzene rings is 1. The van der Waals surface area contributed by atoms with Crippen LogP contribution in [-0.4, -0.2) is 46.5 Å². The van der Waals surface area contributed by atoms with Crippen LogP contribution in [-0.2, 0) is 14.4 Å². The number of nitriles is 1. The zero-order valence-corrected chi connectivity index (χ0v) is 22.7. The van der Waals surface area contributed by atoms with Crippen molar-refractivity contribution in [3.63, 3.8) is 0 Å². The number of pyridine rings is 1. The number of carbonyl (C=O) groups is 4. The summed E-state index contributed by atoms with van der Waals surface area (Å²) in [5.74, 6) is -1.26. The molecule has 1 aliphatic heterocycles. The molecule has 198 valence electrons. The molecule has 1 N–H and O–H groups in total. The quantitative estimate of drug-likeness (QED) is 0.584. The molecule has 2 heterocycles. The molecule has 8 heteroatoms. The number of aromatic nitrogens is 1. The van der Waals surface area contributed by atoms with Crippen LogP contribution in [0.1, 0.15) is 74.6 Å². The topological polar surface area (TPSA) is 120 Å². The predicted octanol–water partition coefficient (Wildman–Crippen LogP) is 4.62. The number of aryl methyl sites for hydroxylation is 2. The Morgan fingerprint density at radius 2 is 1.63 bits per heavy atom. The second-order valence-corrected chi connectivity index (χ2v) is 11.8. The number of piperidine rings is 1. The van der Waals surface area contributed by atoms with Crippen LogP contribution >= 0.6 is 0 Å². The lowest BCUT2D eigenvalue weighted by Crippen LogP contribution is -2.52. The molecule has 1 aromatic heterocycles. The largest absolute Gasteiger partial charge is 0.324 e. The summed E-state index contributed by atoms with van der Waals surface area (Å²) in [6.45, 7) is 9.87. The Balaban J connectivity index is 1.47. The number of imide groups is 1. The van der Waals surface area contributed by atoms with Crippen LogP contribution in [0.15, 0.2) is 30.5 Å². The summed E-state index contributed by atoms with van der Waals surface area (Å²) in [4.78, 5) is 57.7. The van der Waals surface area contributed by atoms with Crippen molar-refractivity contribution >= 4 is 23.5 Å². The summed E-state index contributed by atoms with van der Waals surface area (Å²) >= 11 is 0. The summed E-state index contributed by atoms with van der Waals surface area (Å²) in [5, 5.41) is 11.5. The molecule has 1 spiro atoms. The van der Waals surface area contributed by atoms with Gasteiger partial charge in [0.05, 0.1) is 11.3 Å². The number of carbonyl (C=O) groups excluding carboxylic acids is 4. The maximum absolute atomic E-state index is 13.5. The van der Waals surface area contributed by atoms with Crippen molar-refractivity contribution in [3.8, 4) is 17.3 Å². The van der Waals surface area contributed by atoms with Crippen molar-refractivity contribution in [2.45, 2.75) is 66.2 Å². The van der Waals surface area contributed by atoms with Gasteiger partial charge in [-0.2, -0.15) is 5.26 Å². The normalized spacial score (nSPS) is 17.8. The number of likely N-dealkylation sites (tertiary alicyclic amines) is 1. The van der Waals surface area contributed by atoms with E-state index in [0.29, 0.717) is 44.3 Å². The number of ketones is 2. The molecule has 2 fully saturated rings. The second kappa shape index (κ2) is 10.1. The van der Waals surface area contributed by atoms with E-state index in [1.807, 2.05) is 26.0 Å². The number of amides is 3. The first-order valence-electron chi connectivity index (χ1n) is 13.0. The third-order valence-corrected chi connectivity index (χ3v) is 7.83. The second-order valence-electron chi connectivity index (χ2n) is 11.8. The van der Waals surface area contributed by atoms with Gasteiger partial charge in [-0.1, -0.05) is 20.8 Å². The lowest BCUT2D eigenvalue weighted by Gasteiger charge is -2.44. The van der Waals surface area contributed by atoms with E-state index in [-0.39, 0.29) is 17.5 Å². The summed E-state index contributed by atoms with van der Waals surface area (Å²) in [6.07, 6.45) is 3.24. The monoisotopic (exact) mass is 514 g/mol. The standard InChI is InChI=1S/C30H34N4O4/c1-18-12-21(22-7-6-20(16-31)17-32-22)13-19(2)25(18)26-23(35)14-30(15-24(26)36)8-10-34(11-9-30)28(38)33-27(37)29(3,4)5/h6-7,12-13,17,26H,8-11,14-15H2,1-5H3,(H,33,37,38). The molecule has 0 atom stereocenters. The molecule has 4 rings (SSSR count). The summed E-state index contributed by atoms with van der Waals surface area (Å²) < 4.78 is 0. The maximum Gasteiger partial charge on any atom is 0.324 e. The van der Waals surface area contributed by atoms with E-state index >= 15 is 0 Å². The zero-order valence-electron chi connectivity index (χ0n) is 22.7. The predicted molar refractivity (Wildman–Crippen MR) is 142 cm³/mol. The first-order valence-corrected chi connectivity index (χ1v) is 13.0. The number of rotatable bonds is 2. The van der Waals surface area contributed by atoms with Crippen LogP contribution in [0.3, 0.4) is 0 Å². The van der Waals surface area contributed by atoms with Gasteiger partial charge in [-0.3, -0.25) is 24.7 Å². The average Bonchev–Trinajstić information content (AvgIpc) is 2.85. The fourth-order valence-corrected chi connectivity index (χ4v) is 5.62. The van der Waals surface area contributed by atoms with E-state index in [1.54, 1.807) is 37.8 Å². The first-order chi connectivity index (χ1) is 17.8. The highest BCUT2D eigenvalue weighted by Crippen LogP contribution is 2.47. The molecule has 1 saturated heterocycles. The van der Waals surface area contributed by atoms with Crippen LogP contribution < -0.4 is 5.32 Å². The number of urea groups is 1. The number of hydrogen-bond acceptors (Lipinski definition) is 6. The Morgan fingerprint density at radius 1 is 1.05 bits per heavy atom. The Kier molecular flexibility index (Phi) is 7.24. The van der Waals surface area contributed by atoms with Crippen LogP contribution in [0, 0.1) is 36.0 Å². The van der Waals surface area contributed by atoms with Crippen molar-refractivity contribution in [1.29, 1.82) is 5.26 Å². The van der Waals surface area contributed by atoms with Gasteiger partial charge in [0.2, 0.25) is 5.91 Å². The van der Waals surface area contributed by atoms with Gasteiger partial charge in [-0.25, -0.2) is 4.79 Å². The van der Waals surface area contributed by atoms with Crippen LogP contribution in [0.4, 0.5) is 4.79 Å². The maximum atomic E-state index is 13.5. The molecule has 2 aliphatic rings. The molecular weight excluding hydrogens is 480 g/mol. The highest BCUT2D eigenvalue weighted by molar-refractivity contribution is 6.10. The lowest BCUT2D eigenvalue weighted by atomic mass is 9.62. The van der Waals surface area contributed by atoms with E-state index in [2.05, 4.69) is 16.4 Å². The van der Waals surface area contributed by atoms with Crippen LogP contribution in [0.25, 0.3) is 11.3 Å². The highest BCUT2D eigenvalue weighted by atomic mass is 16.2. The SMILES string of the molecule is Cc1cc(-c2ccc(C#N)cn2)cc(C)c1C1C(=O)CC2(CCN(C(=O)NC(=O)C(C)(C)C)CC2)CC1=O. The fraction of sp³-hybridized carbons (Fsp3) is 0.467. The van der Waals surface area contributed by atoms with Gasteiger partial charge in [0, 0.05) is 43.1 Å². The molecule has 1 aliphatic carbocycles. The molecule has 0 bridgehead atoms. The van der Waals surface area contributed by atoms with E-state index in [9.17, 15) is 19.2 Å². The number of hydrogen-bond donors (Lipinski definition) is 1. The van der Waals surface area contributed by atoms with Crippen LogP contribution in [0.5, 0.6) is 0 Å². The van der Waals surface area contributed by atoms with Crippen molar-refractivity contribution in [3.05, 3.63) is 52.7 Å². The van der Waals surface area contributed by atoms with Crippen molar-refractivity contribution in [1.82, 2.24) is 15.2 Å². The van der Waals surface area contributed by atoms with E-state index in [0.717, 1.165) is 27.9 Å². The molecular formula is C30H34N4O4. The Morgan fingerprint density at radius 3 is 2.11 bits per heavy atom. The molecule has 38 heavy (non-hydrogen) atoms. The highest BCUT2D eigenvalue weighted by Gasteiger charge is 2.48. The molecule has 1 saturated carbocycles. The van der Waals surface area contributed by atoms with Gasteiger partial charge in [-0.05, 0) is 73.1 Å². The smallest absolute Gasteiger partial charge is 0.324 e. The first kappa shape index (κ1) is 27.2. The minimum atomic E-state index is -0.783. The zero-order chi connectivity index (χ0) is 27.8. The van der Waals surface area contributed by atoms with Gasteiger partial charge in [0.15, 0.2) is 0 Å². The molecule has 0 unspecified atom stereocenters. The summed E-state index contributed by atoms with van der Waals surface area (Å²) in [5.41, 5.74) is 3.46. The van der Waals surface area contributed by atoms with Crippen LogP contribution in [0.2, 0.25) is 0 Å². The molecule has 8 nitrogen and oxygen atoms in total.